The molecule has 1 aromatic rings. The van der Waals surface area contributed by atoms with Crippen molar-refractivity contribution in [3.05, 3.63) is 17.0 Å². The Kier molecular flexibility index (Phi) is 7.71. The van der Waals surface area contributed by atoms with E-state index in [0.29, 0.717) is 12.1 Å². The summed E-state index contributed by atoms with van der Waals surface area (Å²) in [6, 6.07) is 0.107. The SMILES string of the molecule is CCCn1nc(C)c(C(=O)NCCC(C)N)c1C.Cl. The van der Waals surface area contributed by atoms with Gasteiger partial charge in [-0.25, -0.2) is 0 Å². The van der Waals surface area contributed by atoms with Crippen LogP contribution in [-0.2, 0) is 6.54 Å². The second-order valence-corrected chi connectivity index (χ2v) is 4.79. The molecular formula is C13H25ClN4O. The summed E-state index contributed by atoms with van der Waals surface area (Å²) in [5, 5.41) is 7.29. The molecule has 0 aliphatic heterocycles. The van der Waals surface area contributed by atoms with Crippen molar-refractivity contribution in [1.29, 1.82) is 0 Å². The minimum absolute atomic E-state index is 0. The van der Waals surface area contributed by atoms with E-state index in [4.69, 9.17) is 5.73 Å². The lowest BCUT2D eigenvalue weighted by Gasteiger charge is -2.08. The van der Waals surface area contributed by atoms with Crippen LogP contribution in [0.4, 0.5) is 0 Å². The summed E-state index contributed by atoms with van der Waals surface area (Å²) < 4.78 is 1.90. The van der Waals surface area contributed by atoms with Crippen molar-refractivity contribution in [2.45, 2.75) is 53.1 Å². The van der Waals surface area contributed by atoms with E-state index in [0.717, 1.165) is 30.8 Å². The fourth-order valence-corrected chi connectivity index (χ4v) is 1.96. The topological polar surface area (TPSA) is 72.9 Å². The van der Waals surface area contributed by atoms with Crippen molar-refractivity contribution in [1.82, 2.24) is 15.1 Å². The lowest BCUT2D eigenvalue weighted by Crippen LogP contribution is -2.29. The van der Waals surface area contributed by atoms with Gasteiger partial charge < -0.3 is 11.1 Å². The van der Waals surface area contributed by atoms with E-state index in [1.165, 1.54) is 0 Å². The summed E-state index contributed by atoms with van der Waals surface area (Å²) in [4.78, 5) is 12.1. The molecule has 0 bridgehead atoms. The van der Waals surface area contributed by atoms with Crippen LogP contribution in [0.25, 0.3) is 0 Å². The molecule has 0 radical (unpaired) electrons. The predicted molar refractivity (Wildman–Crippen MR) is 79.8 cm³/mol. The monoisotopic (exact) mass is 288 g/mol. The summed E-state index contributed by atoms with van der Waals surface area (Å²) in [6.45, 7) is 9.30. The zero-order valence-corrected chi connectivity index (χ0v) is 13.0. The molecule has 1 aromatic heterocycles. The number of amides is 1. The number of aromatic nitrogens is 2. The molecule has 1 rings (SSSR count). The van der Waals surface area contributed by atoms with Gasteiger partial charge in [0.1, 0.15) is 0 Å². The van der Waals surface area contributed by atoms with E-state index in [-0.39, 0.29) is 24.4 Å². The molecule has 110 valence electrons. The number of rotatable bonds is 6. The third kappa shape index (κ3) is 4.84. The Morgan fingerprint density at radius 3 is 2.63 bits per heavy atom. The highest BCUT2D eigenvalue weighted by atomic mass is 35.5. The maximum atomic E-state index is 12.1. The first-order valence-electron chi connectivity index (χ1n) is 6.55. The minimum Gasteiger partial charge on any atom is -0.352 e. The molecule has 1 atom stereocenters. The molecular weight excluding hydrogens is 264 g/mol. The van der Waals surface area contributed by atoms with Gasteiger partial charge in [-0.15, -0.1) is 12.4 Å². The number of carbonyl (C=O) groups is 1. The van der Waals surface area contributed by atoms with Crippen molar-refractivity contribution < 1.29 is 4.79 Å². The normalized spacial score (nSPS) is 11.8. The van der Waals surface area contributed by atoms with Gasteiger partial charge in [0.05, 0.1) is 11.3 Å². The van der Waals surface area contributed by atoms with Gasteiger partial charge in [0.25, 0.3) is 5.91 Å². The molecule has 0 aliphatic carbocycles. The number of carbonyl (C=O) groups excluding carboxylic acids is 1. The largest absolute Gasteiger partial charge is 0.352 e. The first-order valence-corrected chi connectivity index (χ1v) is 6.55. The van der Waals surface area contributed by atoms with E-state index in [9.17, 15) is 4.79 Å². The van der Waals surface area contributed by atoms with E-state index < -0.39 is 0 Å². The van der Waals surface area contributed by atoms with Crippen molar-refractivity contribution in [3.63, 3.8) is 0 Å². The summed E-state index contributed by atoms with van der Waals surface area (Å²) in [6.07, 6.45) is 1.79. The first-order chi connectivity index (χ1) is 8.47. The Hall–Kier alpha value is -1.07. The zero-order valence-electron chi connectivity index (χ0n) is 12.2. The number of halogens is 1. The highest BCUT2D eigenvalue weighted by Crippen LogP contribution is 2.13. The molecule has 1 heterocycles. The maximum Gasteiger partial charge on any atom is 0.255 e. The quantitative estimate of drug-likeness (QED) is 0.838. The molecule has 0 spiro atoms. The number of nitrogens with one attached hydrogen (secondary N) is 1. The van der Waals surface area contributed by atoms with Gasteiger partial charge >= 0.3 is 0 Å². The first kappa shape index (κ1) is 17.9. The number of aryl methyl sites for hydroxylation is 2. The highest BCUT2D eigenvalue weighted by molar-refractivity contribution is 5.96. The van der Waals surface area contributed by atoms with Gasteiger partial charge in [0.15, 0.2) is 0 Å². The molecule has 5 nitrogen and oxygen atoms in total. The molecule has 19 heavy (non-hydrogen) atoms. The fourth-order valence-electron chi connectivity index (χ4n) is 1.96. The summed E-state index contributed by atoms with van der Waals surface area (Å²) in [5.41, 5.74) is 8.08. The standard InChI is InChI=1S/C13H24N4O.ClH/c1-5-8-17-11(4)12(10(3)16-17)13(18)15-7-6-9(2)14;/h9H,5-8,14H2,1-4H3,(H,15,18);1H. The summed E-state index contributed by atoms with van der Waals surface area (Å²) in [7, 11) is 0. The smallest absolute Gasteiger partial charge is 0.255 e. The van der Waals surface area contributed by atoms with E-state index in [1.807, 2.05) is 25.5 Å². The Bertz CT molecular complexity index is 415. The van der Waals surface area contributed by atoms with Crippen LogP contribution >= 0.6 is 12.4 Å². The Morgan fingerprint density at radius 2 is 2.11 bits per heavy atom. The Morgan fingerprint density at radius 1 is 1.47 bits per heavy atom. The molecule has 1 amide bonds. The van der Waals surface area contributed by atoms with Crippen molar-refractivity contribution in [3.8, 4) is 0 Å². The molecule has 0 saturated heterocycles. The van der Waals surface area contributed by atoms with Crippen LogP contribution in [0.2, 0.25) is 0 Å². The molecule has 0 saturated carbocycles. The van der Waals surface area contributed by atoms with E-state index in [2.05, 4.69) is 17.3 Å². The van der Waals surface area contributed by atoms with Gasteiger partial charge in [-0.05, 0) is 33.6 Å². The third-order valence-corrected chi connectivity index (χ3v) is 2.93. The molecule has 0 fully saturated rings. The number of nitrogens with zero attached hydrogens (tertiary/aromatic N) is 2. The summed E-state index contributed by atoms with van der Waals surface area (Å²) in [5.74, 6) is -0.0481. The molecule has 0 aliphatic rings. The molecule has 3 N–H and O–H groups in total. The van der Waals surface area contributed by atoms with Gasteiger partial charge in [-0.3, -0.25) is 9.48 Å². The lowest BCUT2D eigenvalue weighted by atomic mass is 10.1. The highest BCUT2D eigenvalue weighted by Gasteiger charge is 2.17. The maximum absolute atomic E-state index is 12.1. The number of nitrogens with two attached hydrogens (primary N) is 1. The van der Waals surface area contributed by atoms with Crippen LogP contribution in [0.5, 0.6) is 0 Å². The van der Waals surface area contributed by atoms with Crippen LogP contribution in [0.1, 0.15) is 48.4 Å². The van der Waals surface area contributed by atoms with Crippen LogP contribution in [0, 0.1) is 13.8 Å². The van der Waals surface area contributed by atoms with Gasteiger partial charge in [-0.1, -0.05) is 6.92 Å². The second kappa shape index (κ2) is 8.17. The predicted octanol–water partition coefficient (Wildman–Crippen LogP) is 1.80. The Labute approximate surface area is 121 Å². The van der Waals surface area contributed by atoms with Crippen molar-refractivity contribution in [2.75, 3.05) is 6.54 Å². The van der Waals surface area contributed by atoms with Crippen LogP contribution in [-0.4, -0.2) is 28.3 Å². The third-order valence-electron chi connectivity index (χ3n) is 2.93. The average molecular weight is 289 g/mol. The van der Waals surface area contributed by atoms with Gasteiger partial charge in [-0.2, -0.15) is 5.10 Å². The molecule has 1 unspecified atom stereocenters. The van der Waals surface area contributed by atoms with Crippen LogP contribution < -0.4 is 11.1 Å². The molecule has 0 aromatic carbocycles. The fraction of sp³-hybridized carbons (Fsp3) is 0.692. The van der Waals surface area contributed by atoms with Gasteiger partial charge in [0.2, 0.25) is 0 Å². The van der Waals surface area contributed by atoms with E-state index in [1.54, 1.807) is 0 Å². The van der Waals surface area contributed by atoms with E-state index >= 15 is 0 Å². The van der Waals surface area contributed by atoms with Gasteiger partial charge in [0, 0.05) is 24.8 Å². The van der Waals surface area contributed by atoms with Crippen LogP contribution in [0.3, 0.4) is 0 Å². The summed E-state index contributed by atoms with van der Waals surface area (Å²) >= 11 is 0. The minimum atomic E-state index is -0.0481. The Balaban J connectivity index is 0.00000324. The van der Waals surface area contributed by atoms with Crippen LogP contribution in [0.15, 0.2) is 0 Å². The second-order valence-electron chi connectivity index (χ2n) is 4.79. The number of hydrogen-bond donors (Lipinski definition) is 2. The lowest BCUT2D eigenvalue weighted by molar-refractivity contribution is 0.0951. The van der Waals surface area contributed by atoms with Crippen molar-refractivity contribution >= 4 is 18.3 Å². The van der Waals surface area contributed by atoms with Crippen molar-refractivity contribution in [2.24, 2.45) is 5.73 Å². The average Bonchev–Trinajstić information content (AvgIpc) is 2.54. The number of hydrogen-bond acceptors (Lipinski definition) is 3. The molecule has 6 heteroatoms. The zero-order chi connectivity index (χ0) is 13.7.